The summed E-state index contributed by atoms with van der Waals surface area (Å²) in [6.07, 6.45) is 6.96. The van der Waals surface area contributed by atoms with Crippen molar-refractivity contribution in [3.63, 3.8) is 0 Å². The van der Waals surface area contributed by atoms with Gasteiger partial charge in [-0.25, -0.2) is 17.7 Å². The molecule has 3 aromatic rings. The predicted molar refractivity (Wildman–Crippen MR) is 117 cm³/mol. The van der Waals surface area contributed by atoms with E-state index in [1.165, 1.54) is 0 Å². The maximum absolute atomic E-state index is 12.1. The molecule has 3 heterocycles. The number of hydrogen-bond donors (Lipinski definition) is 2. The van der Waals surface area contributed by atoms with Crippen molar-refractivity contribution in [1.82, 2.24) is 14.3 Å². The van der Waals surface area contributed by atoms with Crippen LogP contribution in [0.4, 0.5) is 11.5 Å². The van der Waals surface area contributed by atoms with Crippen LogP contribution in [-0.2, 0) is 10.0 Å². The fourth-order valence-electron chi connectivity index (χ4n) is 3.74. The van der Waals surface area contributed by atoms with Gasteiger partial charge < -0.3 is 11.1 Å². The molecule has 0 aliphatic carbocycles. The van der Waals surface area contributed by atoms with Gasteiger partial charge in [-0.05, 0) is 61.0 Å². The minimum Gasteiger partial charge on any atom is -0.384 e. The molecule has 0 saturated carbocycles. The lowest BCUT2D eigenvalue weighted by atomic mass is 10.00. The first-order valence-electron chi connectivity index (χ1n) is 9.80. The van der Waals surface area contributed by atoms with Gasteiger partial charge in [0.25, 0.3) is 0 Å². The summed E-state index contributed by atoms with van der Waals surface area (Å²) in [5.74, 6) is 0.643. The van der Waals surface area contributed by atoms with Gasteiger partial charge in [-0.1, -0.05) is 0 Å². The maximum atomic E-state index is 12.1. The predicted octanol–water partition coefficient (Wildman–Crippen LogP) is 3.11. The molecule has 0 amide bonds. The van der Waals surface area contributed by atoms with Gasteiger partial charge in [0.2, 0.25) is 10.0 Å². The molecular formula is C21H25N5O2S. The number of hydrogen-bond acceptors (Lipinski definition) is 6. The molecule has 0 atom stereocenters. The number of piperidine rings is 1. The average Bonchev–Trinajstić information content (AvgIpc) is 2.74. The molecule has 4 rings (SSSR count). The average molecular weight is 412 g/mol. The van der Waals surface area contributed by atoms with Crippen LogP contribution in [0.15, 0.2) is 48.9 Å². The van der Waals surface area contributed by atoms with Crippen LogP contribution in [0.25, 0.3) is 21.9 Å². The van der Waals surface area contributed by atoms with Crippen molar-refractivity contribution in [3.8, 4) is 11.1 Å². The summed E-state index contributed by atoms with van der Waals surface area (Å²) in [6, 6.07) is 10.2. The molecule has 152 valence electrons. The summed E-state index contributed by atoms with van der Waals surface area (Å²) in [7, 11) is -3.12. The Morgan fingerprint density at radius 3 is 2.62 bits per heavy atom. The molecular weight excluding hydrogens is 386 g/mol. The van der Waals surface area contributed by atoms with Crippen LogP contribution in [0.3, 0.4) is 0 Å². The molecule has 1 aromatic carbocycles. The number of rotatable bonds is 5. The third-order valence-corrected chi connectivity index (χ3v) is 7.33. The minimum absolute atomic E-state index is 0.152. The highest BCUT2D eigenvalue weighted by atomic mass is 32.2. The summed E-state index contributed by atoms with van der Waals surface area (Å²) < 4.78 is 25.8. The lowest BCUT2D eigenvalue weighted by Gasteiger charge is -2.32. The topological polar surface area (TPSA) is 101 Å². The van der Waals surface area contributed by atoms with Gasteiger partial charge in [0.15, 0.2) is 0 Å². The van der Waals surface area contributed by atoms with E-state index in [9.17, 15) is 8.42 Å². The molecule has 1 aliphatic rings. The van der Waals surface area contributed by atoms with E-state index in [2.05, 4.69) is 27.4 Å². The number of nitrogens with zero attached hydrogens (tertiary/aromatic N) is 3. The number of fused-ring (bicyclic) bond motifs is 1. The summed E-state index contributed by atoms with van der Waals surface area (Å²) in [5, 5.41) is 5.76. The summed E-state index contributed by atoms with van der Waals surface area (Å²) in [4.78, 5) is 8.48. The first kappa shape index (κ1) is 19.6. The normalized spacial score (nSPS) is 16.2. The van der Waals surface area contributed by atoms with Crippen LogP contribution in [0.2, 0.25) is 0 Å². The molecule has 2 aromatic heterocycles. The van der Waals surface area contributed by atoms with Crippen molar-refractivity contribution in [2.75, 3.05) is 29.9 Å². The number of aromatic nitrogens is 2. The molecule has 0 spiro atoms. The van der Waals surface area contributed by atoms with Gasteiger partial charge in [0.05, 0.1) is 5.75 Å². The van der Waals surface area contributed by atoms with E-state index in [1.807, 2.05) is 18.3 Å². The van der Waals surface area contributed by atoms with E-state index in [0.29, 0.717) is 18.9 Å². The van der Waals surface area contributed by atoms with Crippen molar-refractivity contribution in [2.45, 2.75) is 25.8 Å². The van der Waals surface area contributed by atoms with Crippen molar-refractivity contribution in [1.29, 1.82) is 0 Å². The molecule has 8 heteroatoms. The summed E-state index contributed by atoms with van der Waals surface area (Å²) in [5.41, 5.74) is 8.76. The number of anilines is 2. The largest absolute Gasteiger partial charge is 0.384 e. The Morgan fingerprint density at radius 1 is 1.14 bits per heavy atom. The summed E-state index contributed by atoms with van der Waals surface area (Å²) in [6.45, 7) is 2.79. The Hall–Kier alpha value is -2.71. The molecule has 1 aliphatic heterocycles. The number of nitrogen functional groups attached to an aromatic ring is 1. The zero-order chi connectivity index (χ0) is 20.4. The molecule has 0 bridgehead atoms. The Balaban J connectivity index is 1.61. The molecule has 0 radical (unpaired) electrons. The second kappa shape index (κ2) is 7.96. The number of nitrogens with two attached hydrogens (primary N) is 1. The highest BCUT2D eigenvalue weighted by Gasteiger charge is 2.26. The van der Waals surface area contributed by atoms with Gasteiger partial charge in [0, 0.05) is 54.4 Å². The van der Waals surface area contributed by atoms with E-state index in [0.717, 1.165) is 40.4 Å². The van der Waals surface area contributed by atoms with Gasteiger partial charge in [-0.15, -0.1) is 0 Å². The van der Waals surface area contributed by atoms with Crippen LogP contribution in [0, 0.1) is 0 Å². The van der Waals surface area contributed by atoms with Crippen molar-refractivity contribution < 1.29 is 8.42 Å². The fourth-order valence-corrected chi connectivity index (χ4v) is 4.87. The van der Waals surface area contributed by atoms with Gasteiger partial charge in [-0.3, -0.25) is 4.98 Å². The molecule has 1 saturated heterocycles. The first-order chi connectivity index (χ1) is 14.0. The SMILES string of the molecule is CCS(=O)(=O)N1CCC(Nc2cc(-c3ccc(N)nc3)cc3ccncc23)CC1. The van der Waals surface area contributed by atoms with Crippen LogP contribution in [0.5, 0.6) is 0 Å². The molecule has 7 nitrogen and oxygen atoms in total. The Kier molecular flexibility index (Phi) is 5.38. The zero-order valence-corrected chi connectivity index (χ0v) is 17.2. The monoisotopic (exact) mass is 411 g/mol. The third kappa shape index (κ3) is 4.18. The quantitative estimate of drug-likeness (QED) is 0.669. The Morgan fingerprint density at radius 2 is 1.93 bits per heavy atom. The second-order valence-electron chi connectivity index (χ2n) is 7.31. The lowest BCUT2D eigenvalue weighted by molar-refractivity contribution is 0.330. The van der Waals surface area contributed by atoms with E-state index in [-0.39, 0.29) is 11.8 Å². The van der Waals surface area contributed by atoms with Gasteiger partial charge >= 0.3 is 0 Å². The van der Waals surface area contributed by atoms with Crippen LogP contribution >= 0.6 is 0 Å². The van der Waals surface area contributed by atoms with E-state index >= 15 is 0 Å². The minimum atomic E-state index is -3.12. The fraction of sp³-hybridized carbons (Fsp3) is 0.333. The lowest BCUT2D eigenvalue weighted by Crippen LogP contribution is -2.42. The number of sulfonamides is 1. The van der Waals surface area contributed by atoms with Crippen molar-refractivity contribution >= 4 is 32.3 Å². The van der Waals surface area contributed by atoms with Crippen molar-refractivity contribution in [3.05, 3.63) is 48.9 Å². The number of pyridine rings is 2. The smallest absolute Gasteiger partial charge is 0.213 e. The maximum Gasteiger partial charge on any atom is 0.213 e. The van der Waals surface area contributed by atoms with Gasteiger partial charge in [-0.2, -0.15) is 0 Å². The van der Waals surface area contributed by atoms with E-state index in [1.54, 1.807) is 29.7 Å². The standard InChI is InChI=1S/C21H25N5O2S/c1-2-29(27,28)26-9-6-18(7-10-26)25-20-12-17(16-3-4-21(22)24-13-16)11-15-5-8-23-14-19(15)20/h3-5,8,11-14,18,25H,2,6-7,9-10H2,1H3,(H2,22,24). The molecule has 29 heavy (non-hydrogen) atoms. The second-order valence-corrected chi connectivity index (χ2v) is 9.57. The highest BCUT2D eigenvalue weighted by Crippen LogP contribution is 2.32. The summed E-state index contributed by atoms with van der Waals surface area (Å²) >= 11 is 0. The molecule has 1 fully saturated rings. The Bertz CT molecular complexity index is 1110. The molecule has 3 N–H and O–H groups in total. The highest BCUT2D eigenvalue weighted by molar-refractivity contribution is 7.89. The molecule has 0 unspecified atom stereocenters. The zero-order valence-electron chi connectivity index (χ0n) is 16.4. The number of benzene rings is 1. The first-order valence-corrected chi connectivity index (χ1v) is 11.4. The Labute approximate surface area is 171 Å². The van der Waals surface area contributed by atoms with E-state index < -0.39 is 10.0 Å². The van der Waals surface area contributed by atoms with Crippen LogP contribution in [0.1, 0.15) is 19.8 Å². The van der Waals surface area contributed by atoms with E-state index in [4.69, 9.17) is 5.73 Å². The van der Waals surface area contributed by atoms with Crippen LogP contribution < -0.4 is 11.1 Å². The van der Waals surface area contributed by atoms with Crippen LogP contribution in [-0.4, -0.2) is 47.6 Å². The third-order valence-electron chi connectivity index (χ3n) is 5.45. The van der Waals surface area contributed by atoms with Crippen molar-refractivity contribution in [2.24, 2.45) is 0 Å². The van der Waals surface area contributed by atoms with Gasteiger partial charge in [0.1, 0.15) is 5.82 Å². The number of nitrogens with one attached hydrogen (secondary N) is 1.